The van der Waals surface area contributed by atoms with Gasteiger partial charge >= 0.3 is 0 Å². The zero-order chi connectivity index (χ0) is 21.1. The second kappa shape index (κ2) is 9.79. The van der Waals surface area contributed by atoms with Crippen LogP contribution in [0.3, 0.4) is 0 Å². The summed E-state index contributed by atoms with van der Waals surface area (Å²) in [7, 11) is 0. The lowest BCUT2D eigenvalue weighted by Gasteiger charge is -2.35. The highest BCUT2D eigenvalue weighted by Crippen LogP contribution is 2.43. The standard InChI is InChI=1S/C28H38F2/c1-3-6-20-9-11-22(12-10-20)23-13-15-24(16-14-23)26-18-17-25(27(29)28(26)30)19(2)21-7-4-5-8-21/h15,17-18,20-23H,2-14,16H2,1H3. The maximum atomic E-state index is 15.0. The fourth-order valence-electron chi connectivity index (χ4n) is 6.42. The van der Waals surface area contributed by atoms with Gasteiger partial charge in [0, 0.05) is 11.1 Å². The Hall–Kier alpha value is -1.44. The Kier molecular flexibility index (Phi) is 7.11. The van der Waals surface area contributed by atoms with Crippen LogP contribution in [0.1, 0.15) is 102 Å². The van der Waals surface area contributed by atoms with Crippen LogP contribution in [-0.4, -0.2) is 0 Å². The molecule has 0 amide bonds. The van der Waals surface area contributed by atoms with E-state index in [0.29, 0.717) is 17.0 Å². The van der Waals surface area contributed by atoms with Crippen molar-refractivity contribution in [2.75, 3.05) is 0 Å². The zero-order valence-corrected chi connectivity index (χ0v) is 18.7. The third kappa shape index (κ3) is 4.58. The van der Waals surface area contributed by atoms with E-state index in [4.69, 9.17) is 0 Å². The number of benzene rings is 1. The van der Waals surface area contributed by atoms with E-state index in [2.05, 4.69) is 19.6 Å². The lowest BCUT2D eigenvalue weighted by atomic mass is 9.70. The number of allylic oxidation sites excluding steroid dienone is 3. The number of rotatable bonds is 6. The van der Waals surface area contributed by atoms with Gasteiger partial charge in [0.2, 0.25) is 0 Å². The summed E-state index contributed by atoms with van der Waals surface area (Å²) in [4.78, 5) is 0. The molecule has 0 saturated heterocycles. The average Bonchev–Trinajstić information content (AvgIpc) is 3.31. The van der Waals surface area contributed by atoms with Crippen molar-refractivity contribution >= 4 is 11.1 Å². The molecule has 3 aliphatic carbocycles. The Labute approximate surface area is 181 Å². The molecule has 0 N–H and O–H groups in total. The van der Waals surface area contributed by atoms with Crippen molar-refractivity contribution in [3.8, 4) is 0 Å². The minimum absolute atomic E-state index is 0.312. The molecule has 3 aliphatic rings. The van der Waals surface area contributed by atoms with Gasteiger partial charge in [-0.2, -0.15) is 0 Å². The fourth-order valence-corrected chi connectivity index (χ4v) is 6.42. The van der Waals surface area contributed by atoms with Crippen LogP contribution in [0.5, 0.6) is 0 Å². The molecule has 164 valence electrons. The Balaban J connectivity index is 1.41. The van der Waals surface area contributed by atoms with Gasteiger partial charge in [-0.15, -0.1) is 0 Å². The van der Waals surface area contributed by atoms with Crippen molar-refractivity contribution in [1.29, 1.82) is 0 Å². The van der Waals surface area contributed by atoms with E-state index in [0.717, 1.165) is 61.0 Å². The molecule has 1 unspecified atom stereocenters. The molecule has 4 rings (SSSR count). The number of hydrogen-bond donors (Lipinski definition) is 0. The summed E-state index contributed by atoms with van der Waals surface area (Å²) < 4.78 is 29.9. The van der Waals surface area contributed by atoms with E-state index in [-0.39, 0.29) is 0 Å². The summed E-state index contributed by atoms with van der Waals surface area (Å²) in [6.45, 7) is 6.40. The van der Waals surface area contributed by atoms with Crippen molar-refractivity contribution in [3.05, 3.63) is 47.5 Å². The molecule has 30 heavy (non-hydrogen) atoms. The molecule has 0 nitrogen and oxygen atoms in total. The summed E-state index contributed by atoms with van der Waals surface area (Å²) in [6, 6.07) is 3.58. The summed E-state index contributed by atoms with van der Waals surface area (Å²) in [5, 5.41) is 0. The van der Waals surface area contributed by atoms with Gasteiger partial charge in [-0.05, 0) is 79.8 Å². The Morgan fingerprint density at radius 3 is 2.30 bits per heavy atom. The normalized spacial score (nSPS) is 27.8. The molecule has 0 bridgehead atoms. The topological polar surface area (TPSA) is 0 Å². The lowest BCUT2D eigenvalue weighted by Crippen LogP contribution is -2.23. The van der Waals surface area contributed by atoms with Crippen LogP contribution < -0.4 is 0 Å². The molecule has 0 aromatic heterocycles. The Morgan fingerprint density at radius 2 is 1.67 bits per heavy atom. The Morgan fingerprint density at radius 1 is 0.933 bits per heavy atom. The first-order valence-electron chi connectivity index (χ1n) is 12.4. The second-order valence-corrected chi connectivity index (χ2v) is 10.1. The highest BCUT2D eigenvalue weighted by atomic mass is 19.2. The molecule has 1 atom stereocenters. The first-order chi connectivity index (χ1) is 14.6. The zero-order valence-electron chi connectivity index (χ0n) is 18.7. The largest absolute Gasteiger partial charge is 0.203 e. The maximum absolute atomic E-state index is 15.0. The smallest absolute Gasteiger partial charge is 0.166 e. The van der Waals surface area contributed by atoms with Crippen LogP contribution in [-0.2, 0) is 0 Å². The molecule has 0 heterocycles. The second-order valence-electron chi connectivity index (χ2n) is 10.1. The molecule has 0 aliphatic heterocycles. The quantitative estimate of drug-likeness (QED) is 0.437. The SMILES string of the molecule is C=C(c1ccc(C2=CCC(C3CCC(CCC)CC3)CC2)c(F)c1F)C1CCCC1. The van der Waals surface area contributed by atoms with E-state index in [1.54, 1.807) is 12.1 Å². The highest BCUT2D eigenvalue weighted by Gasteiger charge is 2.30. The Bertz CT molecular complexity index is 776. The van der Waals surface area contributed by atoms with Gasteiger partial charge in [0.15, 0.2) is 11.6 Å². The molecule has 2 saturated carbocycles. The molecular formula is C28H38F2. The van der Waals surface area contributed by atoms with Crippen LogP contribution in [0.2, 0.25) is 0 Å². The fraction of sp³-hybridized carbons (Fsp3) is 0.643. The average molecular weight is 413 g/mol. The molecular weight excluding hydrogens is 374 g/mol. The monoisotopic (exact) mass is 412 g/mol. The molecule has 1 aromatic rings. The van der Waals surface area contributed by atoms with Crippen LogP contribution in [0.4, 0.5) is 8.78 Å². The van der Waals surface area contributed by atoms with Crippen LogP contribution >= 0.6 is 0 Å². The van der Waals surface area contributed by atoms with Gasteiger partial charge in [-0.3, -0.25) is 0 Å². The molecule has 0 radical (unpaired) electrons. The van der Waals surface area contributed by atoms with E-state index >= 15 is 4.39 Å². The van der Waals surface area contributed by atoms with Gasteiger partial charge in [0.1, 0.15) is 0 Å². The maximum Gasteiger partial charge on any atom is 0.166 e. The predicted octanol–water partition coefficient (Wildman–Crippen LogP) is 8.96. The van der Waals surface area contributed by atoms with Gasteiger partial charge in [-0.1, -0.05) is 70.2 Å². The van der Waals surface area contributed by atoms with Gasteiger partial charge in [0.25, 0.3) is 0 Å². The van der Waals surface area contributed by atoms with E-state index in [1.165, 1.54) is 51.4 Å². The lowest BCUT2D eigenvalue weighted by molar-refractivity contribution is 0.189. The third-order valence-corrected chi connectivity index (χ3v) is 8.33. The van der Waals surface area contributed by atoms with Crippen molar-refractivity contribution in [2.45, 2.75) is 90.4 Å². The summed E-state index contributed by atoms with van der Waals surface area (Å²) in [6.07, 6.45) is 17.8. The number of halogens is 2. The van der Waals surface area contributed by atoms with Crippen LogP contribution in [0, 0.1) is 35.3 Å². The van der Waals surface area contributed by atoms with Gasteiger partial charge < -0.3 is 0 Å². The van der Waals surface area contributed by atoms with Gasteiger partial charge in [0.05, 0.1) is 0 Å². The van der Waals surface area contributed by atoms with Crippen molar-refractivity contribution in [2.24, 2.45) is 23.7 Å². The molecule has 1 aromatic carbocycles. The highest BCUT2D eigenvalue weighted by molar-refractivity contribution is 5.72. The van der Waals surface area contributed by atoms with Gasteiger partial charge in [-0.25, -0.2) is 8.78 Å². The first-order valence-corrected chi connectivity index (χ1v) is 12.4. The number of hydrogen-bond acceptors (Lipinski definition) is 0. The molecule has 0 spiro atoms. The van der Waals surface area contributed by atoms with E-state index < -0.39 is 11.6 Å². The summed E-state index contributed by atoms with van der Waals surface area (Å²) >= 11 is 0. The minimum atomic E-state index is -0.693. The van der Waals surface area contributed by atoms with Crippen molar-refractivity contribution in [1.82, 2.24) is 0 Å². The minimum Gasteiger partial charge on any atom is -0.203 e. The van der Waals surface area contributed by atoms with Crippen molar-refractivity contribution in [3.63, 3.8) is 0 Å². The van der Waals surface area contributed by atoms with Crippen molar-refractivity contribution < 1.29 is 8.78 Å². The third-order valence-electron chi connectivity index (χ3n) is 8.33. The van der Waals surface area contributed by atoms with Crippen LogP contribution in [0.15, 0.2) is 24.8 Å². The van der Waals surface area contributed by atoms with Crippen LogP contribution in [0.25, 0.3) is 11.1 Å². The molecule has 2 heteroatoms. The summed E-state index contributed by atoms with van der Waals surface area (Å²) in [5.41, 5.74) is 2.65. The molecule has 2 fully saturated rings. The predicted molar refractivity (Wildman–Crippen MR) is 123 cm³/mol. The van der Waals surface area contributed by atoms with E-state index in [9.17, 15) is 4.39 Å². The van der Waals surface area contributed by atoms with E-state index in [1.807, 2.05) is 0 Å². The first kappa shape index (κ1) is 21.8. The summed E-state index contributed by atoms with van der Waals surface area (Å²) in [5.74, 6) is 1.45.